The standard InChI is InChI=1S/C16H8F6N2O/c17-15(18,19)10-4-9(5-11(6-10)16(20,21)22)12-7-23-8-24-14(12)13-2-1-3-25-13/h1-8H. The highest BCUT2D eigenvalue weighted by molar-refractivity contribution is 5.78. The zero-order chi connectivity index (χ0) is 18.2. The predicted octanol–water partition coefficient (Wildman–Crippen LogP) is 5.44. The quantitative estimate of drug-likeness (QED) is 0.573. The lowest BCUT2D eigenvalue weighted by atomic mass is 9.98. The number of alkyl halides is 6. The van der Waals surface area contributed by atoms with Gasteiger partial charge in [0.2, 0.25) is 0 Å². The number of hydrogen-bond donors (Lipinski definition) is 0. The molecule has 2 aromatic heterocycles. The average Bonchev–Trinajstić information content (AvgIpc) is 3.07. The summed E-state index contributed by atoms with van der Waals surface area (Å²) in [5.41, 5.74) is -3.05. The van der Waals surface area contributed by atoms with Crippen LogP contribution in [0.5, 0.6) is 0 Å². The van der Waals surface area contributed by atoms with Gasteiger partial charge in [-0.1, -0.05) is 0 Å². The largest absolute Gasteiger partial charge is 0.463 e. The molecule has 0 unspecified atom stereocenters. The van der Waals surface area contributed by atoms with Crippen LogP contribution in [-0.2, 0) is 12.4 Å². The summed E-state index contributed by atoms with van der Waals surface area (Å²) in [7, 11) is 0. The molecule has 0 aliphatic carbocycles. The molecule has 9 heteroatoms. The van der Waals surface area contributed by atoms with Gasteiger partial charge in [0.25, 0.3) is 0 Å². The maximum absolute atomic E-state index is 13.0. The van der Waals surface area contributed by atoms with Crippen molar-refractivity contribution in [3.8, 4) is 22.6 Å². The van der Waals surface area contributed by atoms with Crippen LogP contribution in [0.4, 0.5) is 26.3 Å². The fraction of sp³-hybridized carbons (Fsp3) is 0.125. The average molecular weight is 358 g/mol. The van der Waals surface area contributed by atoms with E-state index < -0.39 is 23.5 Å². The predicted molar refractivity (Wildman–Crippen MR) is 75.2 cm³/mol. The van der Waals surface area contributed by atoms with Crippen LogP contribution in [0.25, 0.3) is 22.6 Å². The van der Waals surface area contributed by atoms with E-state index in [1.165, 1.54) is 18.4 Å². The minimum absolute atomic E-state index is 0.00551. The Morgan fingerprint density at radius 2 is 1.52 bits per heavy atom. The minimum atomic E-state index is -4.93. The van der Waals surface area contributed by atoms with Crippen molar-refractivity contribution < 1.29 is 30.8 Å². The third kappa shape index (κ3) is 3.49. The molecule has 0 bridgehead atoms. The van der Waals surface area contributed by atoms with Crippen LogP contribution >= 0.6 is 0 Å². The molecule has 25 heavy (non-hydrogen) atoms. The summed E-state index contributed by atoms with van der Waals surface area (Å²) in [5, 5.41) is 0. The molecule has 0 saturated carbocycles. The molecule has 0 aliphatic rings. The first-order valence-corrected chi connectivity index (χ1v) is 6.80. The molecule has 3 aromatic rings. The first-order chi connectivity index (χ1) is 11.7. The molecule has 130 valence electrons. The second-order valence-corrected chi connectivity index (χ2v) is 5.06. The van der Waals surface area contributed by atoms with Gasteiger partial charge in [0.05, 0.1) is 17.4 Å². The van der Waals surface area contributed by atoms with Crippen LogP contribution in [0.3, 0.4) is 0 Å². The molecule has 0 atom stereocenters. The highest BCUT2D eigenvalue weighted by atomic mass is 19.4. The van der Waals surface area contributed by atoms with Gasteiger partial charge < -0.3 is 4.42 Å². The summed E-state index contributed by atoms with van der Waals surface area (Å²) < 4.78 is 83.2. The molecule has 0 amide bonds. The Bertz CT molecular complexity index is 852. The van der Waals surface area contributed by atoms with Crippen LogP contribution in [0.1, 0.15) is 11.1 Å². The maximum Gasteiger partial charge on any atom is 0.416 e. The Hall–Kier alpha value is -2.84. The molecule has 2 heterocycles. The van der Waals surface area contributed by atoms with Crippen LogP contribution in [0, 0.1) is 0 Å². The van der Waals surface area contributed by atoms with Crippen LogP contribution in [-0.4, -0.2) is 9.97 Å². The number of nitrogens with zero attached hydrogens (tertiary/aromatic N) is 2. The Labute approximate surface area is 137 Å². The Kier molecular flexibility index (Phi) is 4.02. The number of benzene rings is 1. The zero-order valence-corrected chi connectivity index (χ0v) is 12.2. The molecule has 1 aromatic carbocycles. The molecule has 0 saturated heterocycles. The molecule has 3 rings (SSSR count). The molecule has 0 fully saturated rings. The summed E-state index contributed by atoms with van der Waals surface area (Å²) in [4.78, 5) is 7.61. The number of furan rings is 1. The van der Waals surface area contributed by atoms with Gasteiger partial charge in [-0.2, -0.15) is 26.3 Å². The van der Waals surface area contributed by atoms with E-state index in [1.54, 1.807) is 0 Å². The Balaban J connectivity index is 2.25. The highest BCUT2D eigenvalue weighted by Gasteiger charge is 2.37. The maximum atomic E-state index is 13.0. The van der Waals surface area contributed by atoms with Crippen LogP contribution < -0.4 is 0 Å². The molecule has 3 nitrogen and oxygen atoms in total. The first-order valence-electron chi connectivity index (χ1n) is 6.80. The summed E-state index contributed by atoms with van der Waals surface area (Å²) in [6.07, 6.45) is -6.29. The highest BCUT2D eigenvalue weighted by Crippen LogP contribution is 2.40. The van der Waals surface area contributed by atoms with Crippen LogP contribution in [0.15, 0.2) is 53.5 Å². The Morgan fingerprint density at radius 1 is 0.880 bits per heavy atom. The summed E-state index contributed by atoms with van der Waals surface area (Å²) in [6, 6.07) is 4.33. The normalized spacial score (nSPS) is 12.4. The van der Waals surface area contributed by atoms with Gasteiger partial charge in [-0.3, -0.25) is 0 Å². The van der Waals surface area contributed by atoms with Gasteiger partial charge >= 0.3 is 12.4 Å². The molecule has 0 N–H and O–H groups in total. The van der Waals surface area contributed by atoms with Crippen molar-refractivity contribution in [3.05, 3.63) is 60.2 Å². The van der Waals surface area contributed by atoms with Crippen molar-refractivity contribution >= 4 is 0 Å². The van der Waals surface area contributed by atoms with Gasteiger partial charge in [-0.05, 0) is 35.9 Å². The van der Waals surface area contributed by atoms with E-state index in [9.17, 15) is 26.3 Å². The number of halogens is 6. The van der Waals surface area contributed by atoms with Gasteiger partial charge in [0.1, 0.15) is 12.0 Å². The molecule has 0 aliphatic heterocycles. The van der Waals surface area contributed by atoms with E-state index in [1.807, 2.05) is 0 Å². The van der Waals surface area contributed by atoms with Crippen molar-refractivity contribution in [1.82, 2.24) is 9.97 Å². The molecular formula is C16H8F6N2O. The molecule has 0 radical (unpaired) electrons. The van der Waals surface area contributed by atoms with Crippen LogP contribution in [0.2, 0.25) is 0 Å². The lowest BCUT2D eigenvalue weighted by Gasteiger charge is -2.15. The van der Waals surface area contributed by atoms with Crippen molar-refractivity contribution in [3.63, 3.8) is 0 Å². The van der Waals surface area contributed by atoms with Gasteiger partial charge in [-0.25, -0.2) is 9.97 Å². The topological polar surface area (TPSA) is 38.9 Å². The second-order valence-electron chi connectivity index (χ2n) is 5.06. The van der Waals surface area contributed by atoms with Gasteiger partial charge in [0, 0.05) is 11.8 Å². The molecule has 0 spiro atoms. The van der Waals surface area contributed by atoms with Crippen molar-refractivity contribution in [2.24, 2.45) is 0 Å². The van der Waals surface area contributed by atoms with E-state index >= 15 is 0 Å². The Morgan fingerprint density at radius 3 is 2.04 bits per heavy atom. The summed E-state index contributed by atoms with van der Waals surface area (Å²) in [5.74, 6) is 0.198. The SMILES string of the molecule is FC(F)(F)c1cc(-c2cncnc2-c2ccco2)cc(C(F)(F)F)c1. The third-order valence-electron chi connectivity index (χ3n) is 3.37. The van der Waals surface area contributed by atoms with Crippen molar-refractivity contribution in [2.75, 3.05) is 0 Å². The zero-order valence-electron chi connectivity index (χ0n) is 12.2. The number of hydrogen-bond acceptors (Lipinski definition) is 3. The first kappa shape index (κ1) is 17.0. The van der Waals surface area contributed by atoms with E-state index in [0.29, 0.717) is 12.1 Å². The summed E-state index contributed by atoms with van der Waals surface area (Å²) >= 11 is 0. The van der Waals surface area contributed by atoms with E-state index in [2.05, 4.69) is 9.97 Å². The lowest BCUT2D eigenvalue weighted by molar-refractivity contribution is -0.143. The lowest BCUT2D eigenvalue weighted by Crippen LogP contribution is -2.11. The summed E-state index contributed by atoms with van der Waals surface area (Å²) in [6.45, 7) is 0. The van der Waals surface area contributed by atoms with Gasteiger partial charge in [0.15, 0.2) is 5.76 Å². The van der Waals surface area contributed by atoms with Crippen molar-refractivity contribution in [1.29, 1.82) is 0 Å². The molecular weight excluding hydrogens is 350 g/mol. The number of aromatic nitrogens is 2. The monoisotopic (exact) mass is 358 g/mol. The fourth-order valence-electron chi connectivity index (χ4n) is 2.26. The van der Waals surface area contributed by atoms with E-state index in [0.717, 1.165) is 12.5 Å². The third-order valence-corrected chi connectivity index (χ3v) is 3.37. The fourth-order valence-corrected chi connectivity index (χ4v) is 2.26. The number of rotatable bonds is 2. The van der Waals surface area contributed by atoms with E-state index in [-0.39, 0.29) is 28.6 Å². The minimum Gasteiger partial charge on any atom is -0.463 e. The van der Waals surface area contributed by atoms with Gasteiger partial charge in [-0.15, -0.1) is 0 Å². The van der Waals surface area contributed by atoms with Crippen molar-refractivity contribution in [2.45, 2.75) is 12.4 Å². The smallest absolute Gasteiger partial charge is 0.416 e. The van der Waals surface area contributed by atoms with E-state index in [4.69, 9.17) is 4.42 Å². The second kappa shape index (κ2) is 5.91.